The first kappa shape index (κ1) is 12.6. The highest BCUT2D eigenvalue weighted by molar-refractivity contribution is 7.63. The number of benzene rings is 1. The van der Waals surface area contributed by atoms with Crippen LogP contribution in [0.4, 0.5) is 0 Å². The Morgan fingerprint density at radius 3 is 2.59 bits per heavy atom. The minimum Gasteiger partial charge on any atom is -0.443 e. The van der Waals surface area contributed by atoms with Gasteiger partial charge in [-0.15, -0.1) is 11.3 Å². The van der Waals surface area contributed by atoms with E-state index in [9.17, 15) is 0 Å². The number of rotatable bonds is 5. The minimum absolute atomic E-state index is 0.662. The van der Waals surface area contributed by atoms with Crippen LogP contribution in [-0.4, -0.2) is 6.61 Å². The van der Waals surface area contributed by atoms with Gasteiger partial charge in [-0.05, 0) is 43.0 Å². The van der Waals surface area contributed by atoms with Crippen LogP contribution in [0.2, 0.25) is 0 Å². The molecule has 0 aliphatic heterocycles. The quantitative estimate of drug-likeness (QED) is 0.758. The molecule has 0 amide bonds. The zero-order valence-corrected chi connectivity index (χ0v) is 11.6. The molecule has 0 fully saturated rings. The standard InChI is InChI=1S/C13H15O2PS/c1-3-14-16(13-9-11(2)10-17-13)15-12-7-5-4-6-8-12/h4-10H,3H2,1-2H3. The van der Waals surface area contributed by atoms with Gasteiger partial charge >= 0.3 is 0 Å². The lowest BCUT2D eigenvalue weighted by Crippen LogP contribution is -2.03. The Balaban J connectivity index is 2.13. The molecule has 1 aromatic heterocycles. The van der Waals surface area contributed by atoms with Gasteiger partial charge in [0, 0.05) is 0 Å². The fraction of sp³-hybridized carbons (Fsp3) is 0.231. The van der Waals surface area contributed by atoms with Crippen molar-refractivity contribution in [2.45, 2.75) is 13.8 Å². The predicted octanol–water partition coefficient (Wildman–Crippen LogP) is 4.11. The monoisotopic (exact) mass is 266 g/mol. The predicted molar refractivity (Wildman–Crippen MR) is 74.3 cm³/mol. The molecule has 2 rings (SSSR count). The Hall–Kier alpha value is -0.890. The van der Waals surface area contributed by atoms with Crippen LogP contribution in [0.1, 0.15) is 12.5 Å². The summed E-state index contributed by atoms with van der Waals surface area (Å²) in [5, 5.41) is 2.12. The van der Waals surface area contributed by atoms with Crippen molar-refractivity contribution in [1.29, 1.82) is 0 Å². The maximum absolute atomic E-state index is 5.91. The molecule has 1 aromatic carbocycles. The molecule has 2 aromatic rings. The van der Waals surface area contributed by atoms with Crippen LogP contribution in [0.3, 0.4) is 0 Å². The molecular formula is C13H15O2PS. The maximum Gasteiger partial charge on any atom is 0.275 e. The maximum atomic E-state index is 5.91. The normalized spacial score (nSPS) is 12.4. The van der Waals surface area contributed by atoms with Gasteiger partial charge in [0.2, 0.25) is 0 Å². The minimum atomic E-state index is -0.993. The van der Waals surface area contributed by atoms with Crippen LogP contribution in [0, 0.1) is 6.92 Å². The smallest absolute Gasteiger partial charge is 0.275 e. The largest absolute Gasteiger partial charge is 0.443 e. The first-order valence-corrected chi connectivity index (χ1v) is 7.56. The van der Waals surface area contributed by atoms with Crippen molar-refractivity contribution in [3.05, 3.63) is 47.3 Å². The van der Waals surface area contributed by atoms with E-state index in [4.69, 9.17) is 9.05 Å². The van der Waals surface area contributed by atoms with E-state index in [1.807, 2.05) is 37.3 Å². The molecular weight excluding hydrogens is 251 g/mol. The second kappa shape index (κ2) is 6.15. The Morgan fingerprint density at radius 2 is 2.00 bits per heavy atom. The molecule has 0 aliphatic rings. The van der Waals surface area contributed by atoms with Gasteiger partial charge in [0.05, 0.1) is 11.2 Å². The van der Waals surface area contributed by atoms with Crippen molar-refractivity contribution >= 4 is 24.3 Å². The number of thiophene rings is 1. The fourth-order valence-electron chi connectivity index (χ4n) is 1.34. The lowest BCUT2D eigenvalue weighted by Gasteiger charge is -2.15. The fourth-order valence-corrected chi connectivity index (χ4v) is 3.87. The summed E-state index contributed by atoms with van der Waals surface area (Å²) < 4.78 is 12.8. The Kier molecular flexibility index (Phi) is 4.55. The van der Waals surface area contributed by atoms with Gasteiger partial charge in [0.25, 0.3) is 8.38 Å². The van der Waals surface area contributed by atoms with Crippen LogP contribution in [-0.2, 0) is 4.52 Å². The van der Waals surface area contributed by atoms with Gasteiger partial charge in [-0.3, -0.25) is 0 Å². The molecule has 4 heteroatoms. The zero-order chi connectivity index (χ0) is 12.1. The second-order valence-electron chi connectivity index (χ2n) is 3.54. The summed E-state index contributed by atoms with van der Waals surface area (Å²) in [5.41, 5.74) is 1.26. The molecule has 1 heterocycles. The van der Waals surface area contributed by atoms with E-state index in [2.05, 4.69) is 18.4 Å². The van der Waals surface area contributed by atoms with Crippen molar-refractivity contribution in [2.24, 2.45) is 0 Å². The first-order chi connectivity index (χ1) is 8.29. The molecule has 90 valence electrons. The van der Waals surface area contributed by atoms with Crippen molar-refractivity contribution in [2.75, 3.05) is 6.61 Å². The molecule has 1 atom stereocenters. The summed E-state index contributed by atoms with van der Waals surface area (Å²) in [6.07, 6.45) is 0. The van der Waals surface area contributed by atoms with E-state index >= 15 is 0 Å². The third kappa shape index (κ3) is 3.53. The van der Waals surface area contributed by atoms with E-state index in [0.29, 0.717) is 6.61 Å². The van der Waals surface area contributed by atoms with E-state index < -0.39 is 8.38 Å². The summed E-state index contributed by atoms with van der Waals surface area (Å²) >= 11 is 1.70. The molecule has 2 nitrogen and oxygen atoms in total. The van der Waals surface area contributed by atoms with E-state index in [1.165, 1.54) is 10.2 Å². The van der Waals surface area contributed by atoms with Crippen molar-refractivity contribution in [1.82, 2.24) is 0 Å². The Labute approximate surface area is 107 Å². The first-order valence-electron chi connectivity index (χ1n) is 5.51. The van der Waals surface area contributed by atoms with Gasteiger partial charge in [-0.1, -0.05) is 18.2 Å². The summed E-state index contributed by atoms with van der Waals surface area (Å²) in [7, 11) is -0.993. The Bertz CT molecular complexity index is 455. The summed E-state index contributed by atoms with van der Waals surface area (Å²) in [5.74, 6) is 0.859. The molecule has 0 spiro atoms. The van der Waals surface area contributed by atoms with Crippen LogP contribution in [0.15, 0.2) is 41.8 Å². The van der Waals surface area contributed by atoms with Crippen LogP contribution < -0.4 is 9.14 Å². The van der Waals surface area contributed by atoms with Gasteiger partial charge < -0.3 is 9.05 Å². The Morgan fingerprint density at radius 1 is 1.24 bits per heavy atom. The van der Waals surface area contributed by atoms with Gasteiger partial charge in [0.1, 0.15) is 5.75 Å². The number of hydrogen-bond donors (Lipinski definition) is 0. The highest BCUT2D eigenvalue weighted by Crippen LogP contribution is 2.40. The third-order valence-electron chi connectivity index (χ3n) is 2.07. The van der Waals surface area contributed by atoms with Crippen molar-refractivity contribution in [3.63, 3.8) is 0 Å². The molecule has 17 heavy (non-hydrogen) atoms. The van der Waals surface area contributed by atoms with Crippen LogP contribution in [0.5, 0.6) is 5.75 Å². The highest BCUT2D eigenvalue weighted by atomic mass is 32.1. The summed E-state index contributed by atoms with van der Waals surface area (Å²) in [4.78, 5) is 0. The number of hydrogen-bond acceptors (Lipinski definition) is 3. The summed E-state index contributed by atoms with van der Waals surface area (Å²) in [6.45, 7) is 4.74. The topological polar surface area (TPSA) is 18.5 Å². The molecule has 0 radical (unpaired) electrons. The molecule has 0 aliphatic carbocycles. The second-order valence-corrected chi connectivity index (χ2v) is 6.19. The van der Waals surface area contributed by atoms with Crippen LogP contribution >= 0.6 is 19.7 Å². The number of para-hydroxylation sites is 1. The molecule has 0 bridgehead atoms. The van der Waals surface area contributed by atoms with Gasteiger partial charge in [-0.2, -0.15) is 0 Å². The van der Waals surface area contributed by atoms with E-state index in [-0.39, 0.29) is 0 Å². The lowest BCUT2D eigenvalue weighted by atomic mass is 10.3. The summed E-state index contributed by atoms with van der Waals surface area (Å²) in [6, 6.07) is 12.0. The lowest BCUT2D eigenvalue weighted by molar-refractivity contribution is 0.342. The van der Waals surface area contributed by atoms with Crippen LogP contribution in [0.25, 0.3) is 0 Å². The molecule has 0 saturated heterocycles. The van der Waals surface area contributed by atoms with Crippen molar-refractivity contribution < 1.29 is 9.05 Å². The van der Waals surface area contributed by atoms with Gasteiger partial charge in [0.15, 0.2) is 0 Å². The molecule has 0 saturated carbocycles. The molecule has 1 unspecified atom stereocenters. The third-order valence-corrected chi connectivity index (χ3v) is 5.05. The average Bonchev–Trinajstić information content (AvgIpc) is 2.77. The van der Waals surface area contributed by atoms with E-state index in [0.717, 1.165) is 5.75 Å². The number of aryl methyl sites for hydroxylation is 1. The zero-order valence-electron chi connectivity index (χ0n) is 9.92. The molecule has 0 N–H and O–H groups in total. The SMILES string of the molecule is CCOP(Oc1ccccc1)c1cc(C)cs1. The highest BCUT2D eigenvalue weighted by Gasteiger charge is 2.17. The van der Waals surface area contributed by atoms with Crippen molar-refractivity contribution in [3.8, 4) is 5.75 Å². The van der Waals surface area contributed by atoms with E-state index in [1.54, 1.807) is 11.3 Å². The van der Waals surface area contributed by atoms with Gasteiger partial charge in [-0.25, -0.2) is 0 Å². The average molecular weight is 266 g/mol.